The fraction of sp³-hybridized carbons (Fsp3) is 0.240. The summed E-state index contributed by atoms with van der Waals surface area (Å²) in [5, 5.41) is 6.24. The zero-order valence-electron chi connectivity index (χ0n) is 18.6. The van der Waals surface area contributed by atoms with E-state index in [0.29, 0.717) is 28.8 Å². The molecule has 0 aliphatic carbocycles. The molecule has 0 spiro atoms. The average molecular weight is 490 g/mol. The molecule has 3 aromatic heterocycles. The van der Waals surface area contributed by atoms with E-state index in [9.17, 15) is 9.59 Å². The number of carbonyl (C=O) groups excluding carboxylic acids is 2. The highest BCUT2D eigenvalue weighted by molar-refractivity contribution is 7.17. The van der Waals surface area contributed by atoms with Gasteiger partial charge < -0.3 is 10.2 Å². The highest BCUT2D eigenvalue weighted by atomic mass is 32.1. The van der Waals surface area contributed by atoms with Crippen molar-refractivity contribution in [1.82, 2.24) is 19.9 Å². The van der Waals surface area contributed by atoms with Gasteiger partial charge in [0.2, 0.25) is 5.91 Å². The summed E-state index contributed by atoms with van der Waals surface area (Å²) >= 11 is 2.78. The molecule has 1 N–H and O–H groups in total. The Kier molecular flexibility index (Phi) is 6.46. The molecule has 1 unspecified atom stereocenters. The summed E-state index contributed by atoms with van der Waals surface area (Å²) in [5.74, 6) is -0.431. The number of aromatic nitrogens is 3. The first-order valence-electron chi connectivity index (χ1n) is 11.1. The van der Waals surface area contributed by atoms with Gasteiger partial charge in [-0.15, -0.1) is 22.7 Å². The molecule has 1 saturated heterocycles. The number of nitrogens with zero attached hydrogens (tertiary/aromatic N) is 4. The molecule has 34 heavy (non-hydrogen) atoms. The first-order valence-corrected chi connectivity index (χ1v) is 12.8. The van der Waals surface area contributed by atoms with Crippen molar-refractivity contribution in [2.75, 3.05) is 18.4 Å². The zero-order chi connectivity index (χ0) is 23.5. The normalized spacial score (nSPS) is 15.8. The first kappa shape index (κ1) is 22.4. The van der Waals surface area contributed by atoms with Gasteiger partial charge in [0.1, 0.15) is 9.88 Å². The molecule has 4 heterocycles. The van der Waals surface area contributed by atoms with Gasteiger partial charge in [-0.2, -0.15) is 0 Å². The van der Waals surface area contributed by atoms with Crippen molar-refractivity contribution in [3.8, 4) is 21.8 Å². The second kappa shape index (κ2) is 9.82. The number of aryl methyl sites for hydroxylation is 1. The van der Waals surface area contributed by atoms with Crippen LogP contribution < -0.4 is 5.32 Å². The fourth-order valence-corrected chi connectivity index (χ4v) is 5.75. The third kappa shape index (κ3) is 4.76. The summed E-state index contributed by atoms with van der Waals surface area (Å²) in [5.41, 5.74) is 3.45. The van der Waals surface area contributed by atoms with Gasteiger partial charge in [0.25, 0.3) is 5.91 Å². The Labute approximate surface area is 205 Å². The number of hydrogen-bond acceptors (Lipinski definition) is 7. The maximum atomic E-state index is 13.3. The minimum atomic E-state index is -0.271. The van der Waals surface area contributed by atoms with E-state index in [2.05, 4.69) is 20.3 Å². The topological polar surface area (TPSA) is 88.1 Å². The second-order valence-corrected chi connectivity index (χ2v) is 10.0. The molecule has 1 aliphatic rings. The summed E-state index contributed by atoms with van der Waals surface area (Å²) in [6.07, 6.45) is 4.98. The van der Waals surface area contributed by atoms with E-state index in [-0.39, 0.29) is 17.7 Å². The molecular formula is C25H23N5O2S2. The molecule has 0 bridgehead atoms. The number of thiazole rings is 2. The minimum absolute atomic E-state index is 0.0664. The predicted molar refractivity (Wildman–Crippen MR) is 135 cm³/mol. The number of carbonyl (C=O) groups is 2. The molecule has 9 heteroatoms. The van der Waals surface area contributed by atoms with Gasteiger partial charge >= 0.3 is 0 Å². The summed E-state index contributed by atoms with van der Waals surface area (Å²) in [6, 6.07) is 13.7. The molecule has 2 amide bonds. The summed E-state index contributed by atoms with van der Waals surface area (Å²) in [6.45, 7) is 2.88. The maximum Gasteiger partial charge on any atom is 0.265 e. The Balaban J connectivity index is 1.25. The van der Waals surface area contributed by atoms with Crippen molar-refractivity contribution in [1.29, 1.82) is 0 Å². The molecule has 1 fully saturated rings. The number of nitrogens with one attached hydrogen (secondary N) is 1. The van der Waals surface area contributed by atoms with Crippen molar-refractivity contribution in [2.45, 2.75) is 19.8 Å². The number of benzene rings is 1. The van der Waals surface area contributed by atoms with E-state index < -0.39 is 0 Å². The molecule has 1 atom stereocenters. The number of rotatable bonds is 5. The van der Waals surface area contributed by atoms with Crippen molar-refractivity contribution in [3.05, 3.63) is 70.8 Å². The second-order valence-electron chi connectivity index (χ2n) is 8.16. The van der Waals surface area contributed by atoms with Crippen LogP contribution in [0.5, 0.6) is 0 Å². The summed E-state index contributed by atoms with van der Waals surface area (Å²) in [7, 11) is 0. The van der Waals surface area contributed by atoms with Crippen molar-refractivity contribution >= 4 is 39.6 Å². The molecule has 5 rings (SSSR count). The smallest absolute Gasteiger partial charge is 0.265 e. The van der Waals surface area contributed by atoms with Crippen LogP contribution >= 0.6 is 22.7 Å². The van der Waals surface area contributed by atoms with Gasteiger partial charge in [-0.05, 0) is 31.9 Å². The average Bonchev–Trinajstić information content (AvgIpc) is 3.51. The molecule has 4 aromatic rings. The van der Waals surface area contributed by atoms with Crippen LogP contribution in [0.3, 0.4) is 0 Å². The monoisotopic (exact) mass is 489 g/mol. The van der Waals surface area contributed by atoms with E-state index in [1.54, 1.807) is 17.3 Å². The molecule has 0 saturated carbocycles. The van der Waals surface area contributed by atoms with Gasteiger partial charge in [0.15, 0.2) is 5.13 Å². The van der Waals surface area contributed by atoms with Crippen LogP contribution in [-0.4, -0.2) is 44.8 Å². The SMILES string of the molecule is Cc1nc(-c2cccnc2)sc1C(=O)N1CCCC(C(=O)Nc2nc(-c3ccccc3)cs2)C1. The molecule has 0 radical (unpaired) electrons. The van der Waals surface area contributed by atoms with E-state index in [1.807, 2.05) is 54.8 Å². The van der Waals surface area contributed by atoms with Crippen molar-refractivity contribution in [3.63, 3.8) is 0 Å². The van der Waals surface area contributed by atoms with Crippen LogP contribution in [0.25, 0.3) is 21.8 Å². The molecule has 1 aromatic carbocycles. The summed E-state index contributed by atoms with van der Waals surface area (Å²) in [4.78, 5) is 41.9. The van der Waals surface area contributed by atoms with Crippen LogP contribution in [0, 0.1) is 12.8 Å². The van der Waals surface area contributed by atoms with Gasteiger partial charge in [-0.3, -0.25) is 14.6 Å². The molecule has 172 valence electrons. The quantitative estimate of drug-likeness (QED) is 0.420. The highest BCUT2D eigenvalue weighted by Crippen LogP contribution is 2.30. The Morgan fingerprint density at radius 1 is 1.09 bits per heavy atom. The highest BCUT2D eigenvalue weighted by Gasteiger charge is 2.31. The predicted octanol–water partition coefficient (Wildman–Crippen LogP) is 5.13. The van der Waals surface area contributed by atoms with Crippen molar-refractivity contribution < 1.29 is 9.59 Å². The number of hydrogen-bond donors (Lipinski definition) is 1. The van der Waals surface area contributed by atoms with Gasteiger partial charge in [-0.25, -0.2) is 9.97 Å². The van der Waals surface area contributed by atoms with Crippen LogP contribution in [0.2, 0.25) is 0 Å². The lowest BCUT2D eigenvalue weighted by atomic mass is 9.97. The molecular weight excluding hydrogens is 466 g/mol. The van der Waals surface area contributed by atoms with Gasteiger partial charge in [0.05, 0.1) is 17.3 Å². The number of likely N-dealkylation sites (tertiary alicyclic amines) is 1. The van der Waals surface area contributed by atoms with Crippen LogP contribution in [0.1, 0.15) is 28.2 Å². The first-order chi connectivity index (χ1) is 16.6. The Hall–Kier alpha value is -3.43. The van der Waals surface area contributed by atoms with Gasteiger partial charge in [-0.1, -0.05) is 30.3 Å². The fourth-order valence-electron chi connectivity index (χ4n) is 4.01. The number of pyridine rings is 1. The molecule has 7 nitrogen and oxygen atoms in total. The lowest BCUT2D eigenvalue weighted by molar-refractivity contribution is -0.121. The van der Waals surface area contributed by atoms with E-state index in [0.717, 1.165) is 34.7 Å². The lowest BCUT2D eigenvalue weighted by Crippen LogP contribution is -2.43. The van der Waals surface area contributed by atoms with E-state index in [1.165, 1.54) is 22.7 Å². The van der Waals surface area contributed by atoms with E-state index >= 15 is 0 Å². The Morgan fingerprint density at radius 3 is 2.71 bits per heavy atom. The number of anilines is 1. The largest absolute Gasteiger partial charge is 0.337 e. The van der Waals surface area contributed by atoms with Crippen LogP contribution in [0.4, 0.5) is 5.13 Å². The summed E-state index contributed by atoms with van der Waals surface area (Å²) < 4.78 is 0. The van der Waals surface area contributed by atoms with E-state index in [4.69, 9.17) is 0 Å². The lowest BCUT2D eigenvalue weighted by Gasteiger charge is -2.31. The van der Waals surface area contributed by atoms with Crippen molar-refractivity contribution in [2.24, 2.45) is 5.92 Å². The Bertz CT molecular complexity index is 1300. The van der Waals surface area contributed by atoms with Crippen LogP contribution in [0.15, 0.2) is 60.2 Å². The third-order valence-corrected chi connectivity index (χ3v) is 7.73. The van der Waals surface area contributed by atoms with Crippen LogP contribution in [-0.2, 0) is 4.79 Å². The standard InChI is InChI=1S/C25H23N5O2S2/c1-16-21(34-23(27-16)18-9-5-11-26-13-18)24(32)30-12-6-10-19(14-30)22(31)29-25-28-20(15-33-25)17-7-3-2-4-8-17/h2-5,7-9,11,13,15,19H,6,10,12,14H2,1H3,(H,28,29,31). The number of amides is 2. The third-order valence-electron chi connectivity index (χ3n) is 5.78. The molecule has 1 aliphatic heterocycles. The maximum absolute atomic E-state index is 13.3. The minimum Gasteiger partial charge on any atom is -0.337 e. The van der Waals surface area contributed by atoms with Gasteiger partial charge in [0, 0.05) is 42.0 Å². The zero-order valence-corrected chi connectivity index (χ0v) is 20.2. The number of piperidine rings is 1. The Morgan fingerprint density at radius 2 is 1.91 bits per heavy atom.